The lowest BCUT2D eigenvalue weighted by Gasteiger charge is -2.02. The summed E-state index contributed by atoms with van der Waals surface area (Å²) in [5.74, 6) is 0. The third-order valence-corrected chi connectivity index (χ3v) is 3.53. The van der Waals surface area contributed by atoms with E-state index in [2.05, 4.69) is 10.2 Å². The lowest BCUT2D eigenvalue weighted by molar-refractivity contribution is 0.988. The van der Waals surface area contributed by atoms with E-state index in [0.29, 0.717) is 0 Å². The molecule has 0 bridgehead atoms. The van der Waals surface area contributed by atoms with Crippen molar-refractivity contribution in [1.29, 1.82) is 0 Å². The van der Waals surface area contributed by atoms with Crippen LogP contribution in [0.15, 0.2) is 24.4 Å². The van der Waals surface area contributed by atoms with Gasteiger partial charge in [-0.25, -0.2) is 0 Å². The first-order valence-electron chi connectivity index (χ1n) is 3.66. The molecular weight excluding hydrogens is 227 g/mol. The van der Waals surface area contributed by atoms with Crippen LogP contribution in [0.5, 0.6) is 0 Å². The van der Waals surface area contributed by atoms with E-state index in [4.69, 9.17) is 23.2 Å². The van der Waals surface area contributed by atoms with E-state index in [1.54, 1.807) is 6.20 Å². The Morgan fingerprint density at radius 2 is 2.23 bits per heavy atom. The largest absolute Gasteiger partial charge is 0.281 e. The Bertz CT molecular complexity index is 383. The molecule has 0 aliphatic heterocycles. The fraction of sp³-hybridized carbons (Fsp3) is 0.125. The minimum atomic E-state index is -0.181. The highest BCUT2D eigenvalue weighted by atomic mass is 35.5. The zero-order chi connectivity index (χ0) is 9.26. The van der Waals surface area contributed by atoms with Gasteiger partial charge in [-0.15, -0.1) is 22.9 Å². The first kappa shape index (κ1) is 9.06. The molecule has 0 spiro atoms. The molecule has 0 amide bonds. The molecule has 1 N–H and O–H groups in total. The van der Waals surface area contributed by atoms with E-state index < -0.39 is 0 Å². The number of alkyl halides is 1. The zero-order valence-corrected chi connectivity index (χ0v) is 8.83. The SMILES string of the molecule is Clc1ccc(C(Cl)c2ccn[nH]2)s1. The van der Waals surface area contributed by atoms with Crippen LogP contribution >= 0.6 is 34.5 Å². The van der Waals surface area contributed by atoms with Gasteiger partial charge in [-0.3, -0.25) is 5.10 Å². The second-order valence-electron chi connectivity index (χ2n) is 2.52. The molecule has 0 saturated carbocycles. The van der Waals surface area contributed by atoms with Crippen LogP contribution in [0.25, 0.3) is 0 Å². The summed E-state index contributed by atoms with van der Waals surface area (Å²) in [6.45, 7) is 0. The van der Waals surface area contributed by atoms with Crippen molar-refractivity contribution in [3.63, 3.8) is 0 Å². The number of halogens is 2. The monoisotopic (exact) mass is 232 g/mol. The number of H-pyrrole nitrogens is 1. The molecule has 0 fully saturated rings. The van der Waals surface area contributed by atoms with Crippen molar-refractivity contribution in [2.45, 2.75) is 5.38 Å². The maximum Gasteiger partial charge on any atom is 0.109 e. The highest BCUT2D eigenvalue weighted by Crippen LogP contribution is 2.34. The molecule has 2 aromatic rings. The number of thiophene rings is 1. The maximum absolute atomic E-state index is 6.17. The predicted molar refractivity (Wildman–Crippen MR) is 55.6 cm³/mol. The van der Waals surface area contributed by atoms with Crippen LogP contribution < -0.4 is 0 Å². The Kier molecular flexibility index (Phi) is 2.58. The van der Waals surface area contributed by atoms with E-state index in [0.717, 1.165) is 14.9 Å². The van der Waals surface area contributed by atoms with Gasteiger partial charge in [0.1, 0.15) is 5.38 Å². The van der Waals surface area contributed by atoms with Gasteiger partial charge in [0, 0.05) is 11.1 Å². The molecular formula is C8H6Cl2N2S. The number of rotatable bonds is 2. The smallest absolute Gasteiger partial charge is 0.109 e. The maximum atomic E-state index is 6.17. The van der Waals surface area contributed by atoms with Crippen LogP contribution in [0.3, 0.4) is 0 Å². The van der Waals surface area contributed by atoms with Crippen molar-refractivity contribution in [3.8, 4) is 0 Å². The van der Waals surface area contributed by atoms with Crippen molar-refractivity contribution in [2.75, 3.05) is 0 Å². The fourth-order valence-corrected chi connectivity index (χ4v) is 2.41. The van der Waals surface area contributed by atoms with E-state index in [-0.39, 0.29) is 5.38 Å². The van der Waals surface area contributed by atoms with Crippen molar-refractivity contribution in [2.24, 2.45) is 0 Å². The topological polar surface area (TPSA) is 28.7 Å². The van der Waals surface area contributed by atoms with Crippen molar-refractivity contribution in [1.82, 2.24) is 10.2 Å². The number of aromatic amines is 1. The van der Waals surface area contributed by atoms with Crippen LogP contribution in [0, 0.1) is 0 Å². The lowest BCUT2D eigenvalue weighted by Crippen LogP contribution is -1.89. The van der Waals surface area contributed by atoms with Gasteiger partial charge in [0.25, 0.3) is 0 Å². The van der Waals surface area contributed by atoms with Gasteiger partial charge < -0.3 is 0 Å². The van der Waals surface area contributed by atoms with Crippen LogP contribution in [0.4, 0.5) is 0 Å². The van der Waals surface area contributed by atoms with Crippen LogP contribution in [-0.2, 0) is 0 Å². The summed E-state index contributed by atoms with van der Waals surface area (Å²) in [5, 5.41) is 6.48. The summed E-state index contributed by atoms with van der Waals surface area (Å²) in [6, 6.07) is 5.62. The lowest BCUT2D eigenvalue weighted by atomic mass is 10.2. The molecule has 0 aliphatic rings. The molecule has 1 atom stereocenters. The van der Waals surface area contributed by atoms with Crippen LogP contribution in [0.2, 0.25) is 4.34 Å². The molecule has 2 nitrogen and oxygen atoms in total. The second-order valence-corrected chi connectivity index (χ2v) is 4.70. The van der Waals surface area contributed by atoms with Gasteiger partial charge in [-0.2, -0.15) is 5.10 Å². The Balaban J connectivity index is 2.28. The molecule has 5 heteroatoms. The molecule has 0 radical (unpaired) electrons. The van der Waals surface area contributed by atoms with E-state index in [1.807, 2.05) is 18.2 Å². The molecule has 0 aliphatic carbocycles. The summed E-state index contributed by atoms with van der Waals surface area (Å²) in [4.78, 5) is 1.02. The summed E-state index contributed by atoms with van der Waals surface area (Å²) >= 11 is 13.4. The summed E-state index contributed by atoms with van der Waals surface area (Å²) in [5.41, 5.74) is 0.889. The molecule has 2 heterocycles. The quantitative estimate of drug-likeness (QED) is 0.790. The Morgan fingerprint density at radius 3 is 2.77 bits per heavy atom. The minimum Gasteiger partial charge on any atom is -0.281 e. The van der Waals surface area contributed by atoms with Crippen LogP contribution in [-0.4, -0.2) is 10.2 Å². The number of nitrogens with zero attached hydrogens (tertiary/aromatic N) is 1. The van der Waals surface area contributed by atoms with E-state index >= 15 is 0 Å². The Hall–Kier alpha value is -0.510. The molecule has 0 aromatic carbocycles. The number of hydrogen-bond donors (Lipinski definition) is 1. The molecule has 0 saturated heterocycles. The van der Waals surface area contributed by atoms with Crippen LogP contribution in [0.1, 0.15) is 15.9 Å². The van der Waals surface area contributed by atoms with Gasteiger partial charge >= 0.3 is 0 Å². The first-order chi connectivity index (χ1) is 6.27. The van der Waals surface area contributed by atoms with Crippen molar-refractivity contribution < 1.29 is 0 Å². The van der Waals surface area contributed by atoms with E-state index in [1.165, 1.54) is 11.3 Å². The third kappa shape index (κ3) is 1.88. The standard InChI is InChI=1S/C8H6Cl2N2S/c9-7-2-1-6(13-7)8(10)5-3-4-11-12-5/h1-4,8H,(H,11,12). The fourth-order valence-electron chi connectivity index (χ4n) is 1.03. The second kappa shape index (κ2) is 3.70. The summed E-state index contributed by atoms with van der Waals surface area (Å²) < 4.78 is 0.750. The van der Waals surface area contributed by atoms with Gasteiger partial charge in [0.2, 0.25) is 0 Å². The van der Waals surface area contributed by atoms with E-state index in [9.17, 15) is 0 Å². The highest BCUT2D eigenvalue weighted by molar-refractivity contribution is 7.16. The van der Waals surface area contributed by atoms with Gasteiger partial charge in [0.15, 0.2) is 0 Å². The molecule has 68 valence electrons. The normalized spacial score (nSPS) is 13.1. The number of aromatic nitrogens is 2. The number of nitrogens with one attached hydrogen (secondary N) is 1. The predicted octanol–water partition coefficient (Wildman–Crippen LogP) is 3.45. The minimum absolute atomic E-state index is 0.181. The van der Waals surface area contributed by atoms with Gasteiger partial charge in [0.05, 0.1) is 10.0 Å². The molecule has 2 aromatic heterocycles. The average Bonchev–Trinajstić information content (AvgIpc) is 2.72. The van der Waals surface area contributed by atoms with Gasteiger partial charge in [-0.1, -0.05) is 11.6 Å². The first-order valence-corrected chi connectivity index (χ1v) is 5.29. The third-order valence-electron chi connectivity index (χ3n) is 1.64. The summed E-state index contributed by atoms with van der Waals surface area (Å²) in [6.07, 6.45) is 1.68. The molecule has 13 heavy (non-hydrogen) atoms. The Labute approximate surface area is 89.5 Å². The van der Waals surface area contributed by atoms with Crippen molar-refractivity contribution >= 4 is 34.5 Å². The van der Waals surface area contributed by atoms with Crippen molar-refractivity contribution in [3.05, 3.63) is 39.3 Å². The van der Waals surface area contributed by atoms with Gasteiger partial charge in [-0.05, 0) is 18.2 Å². The highest BCUT2D eigenvalue weighted by Gasteiger charge is 2.13. The summed E-state index contributed by atoms with van der Waals surface area (Å²) in [7, 11) is 0. The average molecular weight is 233 g/mol. The Morgan fingerprint density at radius 1 is 1.38 bits per heavy atom. The molecule has 2 rings (SSSR count). The molecule has 1 unspecified atom stereocenters. The zero-order valence-electron chi connectivity index (χ0n) is 6.50. The number of hydrogen-bond acceptors (Lipinski definition) is 2.